The van der Waals surface area contributed by atoms with Crippen molar-refractivity contribution < 1.29 is 23.4 Å². The molecule has 29 heavy (non-hydrogen) atoms. The van der Waals surface area contributed by atoms with Gasteiger partial charge in [0.2, 0.25) is 0 Å². The zero-order valence-corrected chi connectivity index (χ0v) is 18.1. The van der Waals surface area contributed by atoms with Crippen LogP contribution < -0.4 is 15.0 Å². The summed E-state index contributed by atoms with van der Waals surface area (Å²) in [5, 5.41) is 12.4. The topological polar surface area (TPSA) is 61.8 Å². The summed E-state index contributed by atoms with van der Waals surface area (Å²) in [6, 6.07) is 9.17. The molecule has 0 spiro atoms. The van der Waals surface area contributed by atoms with E-state index in [4.69, 9.17) is 11.6 Å². The molecule has 1 aliphatic rings. The first-order valence-electron chi connectivity index (χ1n) is 8.98. The molecule has 5 nitrogen and oxygen atoms in total. The van der Waals surface area contributed by atoms with Gasteiger partial charge in [-0.25, -0.2) is 0 Å². The number of aliphatic hydroxyl groups is 1. The molecule has 1 aliphatic heterocycles. The summed E-state index contributed by atoms with van der Waals surface area (Å²) in [6.07, 6.45) is 0.641. The second-order valence-electron chi connectivity index (χ2n) is 7.03. The third kappa shape index (κ3) is 4.99. The second kappa shape index (κ2) is 8.45. The van der Waals surface area contributed by atoms with Crippen LogP contribution in [-0.2, 0) is 6.42 Å². The highest BCUT2D eigenvalue weighted by Gasteiger charge is 2.33. The summed E-state index contributed by atoms with van der Waals surface area (Å²) in [4.78, 5) is 14.8. The van der Waals surface area contributed by atoms with Gasteiger partial charge in [0.05, 0.1) is 18.3 Å². The summed E-state index contributed by atoms with van der Waals surface area (Å²) < 4.78 is 30.4. The van der Waals surface area contributed by atoms with Crippen LogP contribution in [0.4, 0.5) is 20.2 Å². The van der Waals surface area contributed by atoms with E-state index in [1.165, 1.54) is 24.3 Å². The van der Waals surface area contributed by atoms with E-state index in [9.17, 15) is 18.7 Å². The quantitative estimate of drug-likeness (QED) is 0.561. The molecule has 2 aromatic rings. The molecular weight excluding hydrogens is 470 g/mol. The predicted molar refractivity (Wildman–Crippen MR) is 112 cm³/mol. The van der Waals surface area contributed by atoms with E-state index in [2.05, 4.69) is 44.7 Å². The monoisotopic (exact) mass is 488 g/mol. The highest BCUT2D eigenvalue weighted by Crippen LogP contribution is 2.40. The van der Waals surface area contributed by atoms with Gasteiger partial charge in [-0.3, -0.25) is 4.79 Å². The molecular formula is C20H20BrClF2N2O3. The van der Waals surface area contributed by atoms with Crippen LogP contribution in [0.5, 0.6) is 5.75 Å². The number of nitrogens with zero attached hydrogens (tertiary/aromatic N) is 1. The Morgan fingerprint density at radius 3 is 2.59 bits per heavy atom. The Hall–Kier alpha value is -1.90. The second-order valence-corrected chi connectivity index (χ2v) is 8.33. The Balaban J connectivity index is 1.78. The van der Waals surface area contributed by atoms with Crippen molar-refractivity contribution >= 4 is 44.8 Å². The summed E-state index contributed by atoms with van der Waals surface area (Å²) in [5.41, 5.74) is -0.957. The molecule has 0 fully saturated rings. The van der Waals surface area contributed by atoms with Crippen molar-refractivity contribution in [3.63, 3.8) is 0 Å². The van der Waals surface area contributed by atoms with Crippen molar-refractivity contribution in [2.75, 3.05) is 16.8 Å². The molecule has 0 radical (unpaired) electrons. The fourth-order valence-electron chi connectivity index (χ4n) is 3.54. The lowest BCUT2D eigenvalue weighted by Crippen LogP contribution is -2.40. The van der Waals surface area contributed by atoms with Crippen LogP contribution in [0.15, 0.2) is 40.9 Å². The maximum absolute atomic E-state index is 12.7. The van der Waals surface area contributed by atoms with Gasteiger partial charge in [0.15, 0.2) is 0 Å². The SMILES string of the molecule is CC(C)N1c2c(Br)cc(C(=O)Nc3ccc(OC(F)(F)Cl)cc3)cc2CC1CO. The van der Waals surface area contributed by atoms with Gasteiger partial charge in [0, 0.05) is 33.4 Å². The Kier molecular flexibility index (Phi) is 6.36. The number of hydrogen-bond donors (Lipinski definition) is 2. The highest BCUT2D eigenvalue weighted by atomic mass is 79.9. The van der Waals surface area contributed by atoms with Crippen LogP contribution in [0.3, 0.4) is 0 Å². The van der Waals surface area contributed by atoms with Gasteiger partial charge in [-0.1, -0.05) is 0 Å². The maximum atomic E-state index is 12.7. The third-order valence-corrected chi connectivity index (χ3v) is 5.31. The summed E-state index contributed by atoms with van der Waals surface area (Å²) in [6.45, 7) is 4.13. The van der Waals surface area contributed by atoms with Crippen molar-refractivity contribution in [3.05, 3.63) is 52.0 Å². The molecule has 2 aromatic carbocycles. The number of nitrogens with one attached hydrogen (secondary N) is 1. The highest BCUT2D eigenvalue weighted by molar-refractivity contribution is 9.10. The molecule has 3 rings (SSSR count). The maximum Gasteiger partial charge on any atom is 0.487 e. The summed E-state index contributed by atoms with van der Waals surface area (Å²) in [7, 11) is 0. The molecule has 1 amide bonds. The number of carbonyl (C=O) groups excluding carboxylic acids is 1. The molecule has 0 saturated heterocycles. The zero-order valence-electron chi connectivity index (χ0n) is 15.8. The van der Waals surface area contributed by atoms with Gasteiger partial charge >= 0.3 is 5.57 Å². The number of rotatable bonds is 6. The molecule has 0 aliphatic carbocycles. The van der Waals surface area contributed by atoms with E-state index >= 15 is 0 Å². The predicted octanol–water partition coefficient (Wildman–Crippen LogP) is 5.00. The molecule has 2 N–H and O–H groups in total. The molecule has 0 saturated carbocycles. The van der Waals surface area contributed by atoms with Gasteiger partial charge < -0.3 is 20.1 Å². The minimum Gasteiger partial charge on any atom is -0.420 e. The first-order valence-corrected chi connectivity index (χ1v) is 10.1. The van der Waals surface area contributed by atoms with Crippen molar-refractivity contribution in [2.24, 2.45) is 0 Å². The Morgan fingerprint density at radius 2 is 2.03 bits per heavy atom. The number of fused-ring (bicyclic) bond motifs is 1. The van der Waals surface area contributed by atoms with Crippen LogP contribution in [0.25, 0.3) is 0 Å². The zero-order chi connectivity index (χ0) is 21.3. The third-order valence-electron chi connectivity index (χ3n) is 4.62. The lowest BCUT2D eigenvalue weighted by Gasteiger charge is -2.31. The van der Waals surface area contributed by atoms with Gasteiger partial charge in [-0.2, -0.15) is 0 Å². The minimum atomic E-state index is -3.79. The van der Waals surface area contributed by atoms with Gasteiger partial charge in [0.25, 0.3) is 5.91 Å². The van der Waals surface area contributed by atoms with E-state index in [0.717, 1.165) is 15.7 Å². The van der Waals surface area contributed by atoms with Gasteiger partial charge in [-0.05, 0) is 78.2 Å². The number of anilines is 2. The molecule has 0 aromatic heterocycles. The number of amides is 1. The number of aliphatic hydroxyl groups excluding tert-OH is 1. The van der Waals surface area contributed by atoms with Crippen LogP contribution >= 0.6 is 27.5 Å². The number of carbonyl (C=O) groups is 1. The van der Waals surface area contributed by atoms with E-state index in [-0.39, 0.29) is 30.3 Å². The molecule has 9 heteroatoms. The fourth-order valence-corrected chi connectivity index (χ4v) is 4.34. The lowest BCUT2D eigenvalue weighted by molar-refractivity contribution is -0.0964. The van der Waals surface area contributed by atoms with Crippen molar-refractivity contribution in [2.45, 2.75) is 37.9 Å². The Labute approximate surface area is 180 Å². The smallest absolute Gasteiger partial charge is 0.420 e. The van der Waals surface area contributed by atoms with Crippen molar-refractivity contribution in [1.29, 1.82) is 0 Å². The van der Waals surface area contributed by atoms with E-state index in [0.29, 0.717) is 17.7 Å². The average Bonchev–Trinajstić information content (AvgIpc) is 3.01. The molecule has 156 valence electrons. The summed E-state index contributed by atoms with van der Waals surface area (Å²) in [5.74, 6) is -0.458. The van der Waals surface area contributed by atoms with Crippen LogP contribution in [0.2, 0.25) is 0 Å². The molecule has 1 atom stereocenters. The number of alkyl halides is 3. The van der Waals surface area contributed by atoms with Crippen molar-refractivity contribution in [1.82, 2.24) is 0 Å². The number of benzene rings is 2. The van der Waals surface area contributed by atoms with Crippen LogP contribution in [0.1, 0.15) is 29.8 Å². The average molecular weight is 490 g/mol. The first kappa shape index (κ1) is 21.8. The van der Waals surface area contributed by atoms with E-state index in [1.54, 1.807) is 6.07 Å². The standard InChI is InChI=1S/C20H20BrClF2N2O3/c1-11(2)26-15(10-27)8-12-7-13(9-17(21)18(12)26)19(28)25-14-3-5-16(6-4-14)29-20(22,23)24/h3-7,9,11,15,27H,8,10H2,1-2H3,(H,25,28). The Morgan fingerprint density at radius 1 is 1.38 bits per heavy atom. The van der Waals surface area contributed by atoms with Crippen molar-refractivity contribution in [3.8, 4) is 5.75 Å². The first-order chi connectivity index (χ1) is 13.6. The van der Waals surface area contributed by atoms with Crippen LogP contribution in [-0.4, -0.2) is 35.3 Å². The largest absolute Gasteiger partial charge is 0.487 e. The molecule has 1 heterocycles. The van der Waals surface area contributed by atoms with E-state index < -0.39 is 5.57 Å². The van der Waals surface area contributed by atoms with E-state index in [1.807, 2.05) is 6.07 Å². The number of ether oxygens (including phenoxy) is 1. The molecule has 1 unspecified atom stereocenters. The van der Waals surface area contributed by atoms with Gasteiger partial charge in [-0.15, -0.1) is 8.78 Å². The van der Waals surface area contributed by atoms with Gasteiger partial charge in [0.1, 0.15) is 5.75 Å². The summed E-state index contributed by atoms with van der Waals surface area (Å²) >= 11 is 8.29. The van der Waals surface area contributed by atoms with Crippen LogP contribution in [0, 0.1) is 0 Å². The molecule has 0 bridgehead atoms. The normalized spacial score (nSPS) is 16.1. The minimum absolute atomic E-state index is 0.0244. The fraction of sp³-hybridized carbons (Fsp3) is 0.350. The lowest BCUT2D eigenvalue weighted by atomic mass is 10.1. The number of hydrogen-bond acceptors (Lipinski definition) is 4. The number of halogens is 4. The Bertz CT molecular complexity index is 904.